The maximum atomic E-state index is 13.6. The molecule has 2 rings (SSSR count). The minimum Gasteiger partial charge on any atom is -0.438 e. The summed E-state index contributed by atoms with van der Waals surface area (Å²) in [4.78, 5) is 0. The summed E-state index contributed by atoms with van der Waals surface area (Å²) in [6.45, 7) is 1.82. The van der Waals surface area contributed by atoms with Crippen molar-refractivity contribution in [3.05, 3.63) is 41.3 Å². The van der Waals surface area contributed by atoms with Crippen LogP contribution in [-0.4, -0.2) is 15.6 Å². The third kappa shape index (κ3) is 2.17. The molecule has 0 aliphatic carbocycles. The molecular weight excluding hydrogens is 235 g/mol. The van der Waals surface area contributed by atoms with Gasteiger partial charge in [-0.25, -0.2) is 9.07 Å². The Hall–Kier alpha value is -2.37. The second-order valence-electron chi connectivity index (χ2n) is 3.88. The molecule has 2 aromatic rings. The number of nitrogens with zero attached hydrogens (tertiary/aromatic N) is 2. The number of aromatic nitrogens is 2. The van der Waals surface area contributed by atoms with Crippen molar-refractivity contribution in [1.82, 2.24) is 9.78 Å². The van der Waals surface area contributed by atoms with Gasteiger partial charge in [-0.05, 0) is 19.1 Å². The molecule has 1 heterocycles. The summed E-state index contributed by atoms with van der Waals surface area (Å²) in [6.07, 6.45) is 0. The van der Waals surface area contributed by atoms with Crippen LogP contribution in [0.3, 0.4) is 0 Å². The SMILES string of the molecule is Cc1cc(Oc2cccc(F)c2C(=N)N)n(C)n1. The van der Waals surface area contributed by atoms with Crippen LogP contribution in [0.25, 0.3) is 0 Å². The zero-order chi connectivity index (χ0) is 13.3. The van der Waals surface area contributed by atoms with Gasteiger partial charge in [-0.1, -0.05) is 6.07 Å². The molecule has 1 aromatic carbocycles. The van der Waals surface area contributed by atoms with Crippen LogP contribution in [0.2, 0.25) is 0 Å². The maximum Gasteiger partial charge on any atom is 0.217 e. The Morgan fingerprint density at radius 3 is 2.78 bits per heavy atom. The molecule has 0 atom stereocenters. The number of nitrogen functional groups attached to an aromatic ring is 1. The molecule has 5 nitrogen and oxygen atoms in total. The van der Waals surface area contributed by atoms with Gasteiger partial charge < -0.3 is 10.5 Å². The number of nitrogens with two attached hydrogens (primary N) is 1. The fraction of sp³-hybridized carbons (Fsp3) is 0.167. The number of hydrogen-bond acceptors (Lipinski definition) is 3. The lowest BCUT2D eigenvalue weighted by molar-refractivity contribution is 0.426. The summed E-state index contributed by atoms with van der Waals surface area (Å²) in [6, 6.07) is 6.01. The van der Waals surface area contributed by atoms with Gasteiger partial charge in [-0.2, -0.15) is 5.10 Å². The van der Waals surface area contributed by atoms with Gasteiger partial charge in [0, 0.05) is 13.1 Å². The van der Waals surface area contributed by atoms with Crippen LogP contribution < -0.4 is 10.5 Å². The van der Waals surface area contributed by atoms with E-state index < -0.39 is 5.82 Å². The first-order chi connectivity index (χ1) is 8.49. The number of ether oxygens (including phenoxy) is 1. The van der Waals surface area contributed by atoms with Crippen LogP contribution in [0.5, 0.6) is 11.6 Å². The van der Waals surface area contributed by atoms with Gasteiger partial charge in [0.2, 0.25) is 5.88 Å². The highest BCUT2D eigenvalue weighted by Crippen LogP contribution is 2.26. The largest absolute Gasteiger partial charge is 0.438 e. The highest BCUT2D eigenvalue weighted by Gasteiger charge is 2.14. The number of aryl methyl sites for hydroxylation is 2. The zero-order valence-corrected chi connectivity index (χ0v) is 10.1. The molecular formula is C12H13FN4O. The Morgan fingerprint density at radius 1 is 1.50 bits per heavy atom. The summed E-state index contributed by atoms with van der Waals surface area (Å²) >= 11 is 0. The maximum absolute atomic E-state index is 13.6. The fourth-order valence-corrected chi connectivity index (χ4v) is 1.65. The van der Waals surface area contributed by atoms with E-state index >= 15 is 0 Å². The first-order valence-electron chi connectivity index (χ1n) is 5.30. The van der Waals surface area contributed by atoms with Gasteiger partial charge in [-0.15, -0.1) is 0 Å². The molecule has 6 heteroatoms. The first kappa shape index (κ1) is 12.1. The van der Waals surface area contributed by atoms with Crippen LogP contribution >= 0.6 is 0 Å². The van der Waals surface area contributed by atoms with E-state index in [0.29, 0.717) is 5.88 Å². The molecule has 0 aliphatic heterocycles. The number of rotatable bonds is 3. The van der Waals surface area contributed by atoms with Crippen molar-refractivity contribution >= 4 is 5.84 Å². The number of halogens is 1. The van der Waals surface area contributed by atoms with Crippen LogP contribution in [0.4, 0.5) is 4.39 Å². The first-order valence-corrected chi connectivity index (χ1v) is 5.30. The lowest BCUT2D eigenvalue weighted by Gasteiger charge is -2.10. The number of amidine groups is 1. The standard InChI is InChI=1S/C12H13FN4O/c1-7-6-10(17(2)16-7)18-9-5-3-4-8(13)11(9)12(14)15/h3-6H,1-2H3,(H3,14,15). The Morgan fingerprint density at radius 2 is 2.22 bits per heavy atom. The van der Waals surface area contributed by atoms with Crippen molar-refractivity contribution in [2.24, 2.45) is 12.8 Å². The molecule has 0 fully saturated rings. The van der Waals surface area contributed by atoms with E-state index in [4.69, 9.17) is 15.9 Å². The normalized spacial score (nSPS) is 10.4. The van der Waals surface area contributed by atoms with Crippen LogP contribution in [0, 0.1) is 18.2 Å². The Bertz CT molecular complexity index is 606. The molecule has 1 aromatic heterocycles. The van der Waals surface area contributed by atoms with E-state index in [0.717, 1.165) is 5.69 Å². The lowest BCUT2D eigenvalue weighted by Crippen LogP contribution is -2.14. The molecule has 0 saturated carbocycles. The van der Waals surface area contributed by atoms with E-state index in [-0.39, 0.29) is 17.1 Å². The van der Waals surface area contributed by atoms with Crippen molar-refractivity contribution in [3.8, 4) is 11.6 Å². The molecule has 0 amide bonds. The summed E-state index contributed by atoms with van der Waals surface area (Å²) in [5, 5.41) is 11.5. The van der Waals surface area contributed by atoms with E-state index in [1.54, 1.807) is 19.2 Å². The molecule has 18 heavy (non-hydrogen) atoms. The van der Waals surface area contributed by atoms with Gasteiger partial charge in [0.05, 0.1) is 11.3 Å². The summed E-state index contributed by atoms with van der Waals surface area (Å²) < 4.78 is 20.7. The van der Waals surface area contributed by atoms with Gasteiger partial charge in [-0.3, -0.25) is 5.41 Å². The van der Waals surface area contributed by atoms with Crippen LogP contribution in [0.15, 0.2) is 24.3 Å². The molecule has 0 spiro atoms. The van der Waals surface area contributed by atoms with Crippen molar-refractivity contribution in [3.63, 3.8) is 0 Å². The van der Waals surface area contributed by atoms with Gasteiger partial charge >= 0.3 is 0 Å². The van der Waals surface area contributed by atoms with E-state index in [9.17, 15) is 4.39 Å². The minimum atomic E-state index is -0.584. The average molecular weight is 248 g/mol. The predicted octanol–water partition coefficient (Wildman–Crippen LogP) is 1.94. The number of benzene rings is 1. The third-order valence-electron chi connectivity index (χ3n) is 2.42. The molecule has 0 saturated heterocycles. The molecule has 0 radical (unpaired) electrons. The van der Waals surface area contributed by atoms with Gasteiger partial charge in [0.1, 0.15) is 17.4 Å². The molecule has 0 aliphatic rings. The summed E-state index contributed by atoms with van der Waals surface area (Å²) in [5.41, 5.74) is 6.09. The van der Waals surface area contributed by atoms with Gasteiger partial charge in [0.15, 0.2) is 0 Å². The van der Waals surface area contributed by atoms with E-state index in [2.05, 4.69) is 5.10 Å². The number of hydrogen-bond donors (Lipinski definition) is 2. The highest BCUT2D eigenvalue weighted by molar-refractivity contribution is 5.97. The van der Waals surface area contributed by atoms with Crippen molar-refractivity contribution < 1.29 is 9.13 Å². The Balaban J connectivity index is 2.43. The van der Waals surface area contributed by atoms with E-state index in [1.807, 2.05) is 6.92 Å². The predicted molar refractivity (Wildman–Crippen MR) is 65.4 cm³/mol. The summed E-state index contributed by atoms with van der Waals surface area (Å²) in [7, 11) is 1.72. The van der Waals surface area contributed by atoms with Crippen molar-refractivity contribution in [2.75, 3.05) is 0 Å². The average Bonchev–Trinajstić information content (AvgIpc) is 2.57. The van der Waals surface area contributed by atoms with Crippen molar-refractivity contribution in [2.45, 2.75) is 6.92 Å². The fourth-order valence-electron chi connectivity index (χ4n) is 1.65. The van der Waals surface area contributed by atoms with E-state index in [1.165, 1.54) is 16.8 Å². The zero-order valence-electron chi connectivity index (χ0n) is 10.1. The Labute approximate surface area is 103 Å². The highest BCUT2D eigenvalue weighted by atomic mass is 19.1. The third-order valence-corrected chi connectivity index (χ3v) is 2.42. The van der Waals surface area contributed by atoms with Crippen LogP contribution in [0.1, 0.15) is 11.3 Å². The lowest BCUT2D eigenvalue weighted by atomic mass is 10.1. The second kappa shape index (κ2) is 4.48. The Kier molecular flexibility index (Phi) is 3.01. The summed E-state index contributed by atoms with van der Waals surface area (Å²) in [5.74, 6) is -0.299. The smallest absolute Gasteiger partial charge is 0.217 e. The quantitative estimate of drug-likeness (QED) is 0.643. The molecule has 94 valence electrons. The number of nitrogens with one attached hydrogen (secondary N) is 1. The van der Waals surface area contributed by atoms with Crippen molar-refractivity contribution in [1.29, 1.82) is 5.41 Å². The molecule has 0 bridgehead atoms. The van der Waals surface area contributed by atoms with Gasteiger partial charge in [0.25, 0.3) is 0 Å². The molecule has 3 N–H and O–H groups in total. The minimum absolute atomic E-state index is 0.0450. The second-order valence-corrected chi connectivity index (χ2v) is 3.88. The topological polar surface area (TPSA) is 76.9 Å². The molecule has 0 unspecified atom stereocenters. The van der Waals surface area contributed by atoms with Crippen LogP contribution in [-0.2, 0) is 7.05 Å². The monoisotopic (exact) mass is 248 g/mol.